The van der Waals surface area contributed by atoms with Gasteiger partial charge in [0.2, 0.25) is 15.9 Å². The number of carbonyl (C=O) groups excluding carboxylic acids is 2. The van der Waals surface area contributed by atoms with E-state index in [1.165, 1.54) is 12.1 Å². The molecule has 1 heterocycles. The molecule has 0 aromatic heterocycles. The molecule has 0 unspecified atom stereocenters. The first-order valence-corrected chi connectivity index (χ1v) is 12.5. The van der Waals surface area contributed by atoms with E-state index in [1.54, 1.807) is 52.0 Å². The number of piperidine rings is 1. The molecule has 2 amide bonds. The second kappa shape index (κ2) is 9.52. The van der Waals surface area contributed by atoms with E-state index in [0.717, 1.165) is 38.0 Å². The van der Waals surface area contributed by atoms with Crippen LogP contribution in [-0.4, -0.2) is 38.9 Å². The Balaban J connectivity index is 1.97. The zero-order chi connectivity index (χ0) is 24.4. The fourth-order valence-corrected chi connectivity index (χ4v) is 5.31. The zero-order valence-electron chi connectivity index (χ0n) is 19.6. The molecule has 0 radical (unpaired) electrons. The summed E-state index contributed by atoms with van der Waals surface area (Å²) in [6.07, 6.45) is 3.25. The molecule has 0 spiro atoms. The van der Waals surface area contributed by atoms with Gasteiger partial charge in [0, 0.05) is 29.8 Å². The maximum Gasteiger partial charge on any atom is 0.256 e. The number of amides is 2. The summed E-state index contributed by atoms with van der Waals surface area (Å²) in [6, 6.07) is 9.48. The number of nitrogens with one attached hydrogen (secondary N) is 2. The van der Waals surface area contributed by atoms with Crippen molar-refractivity contribution < 1.29 is 18.0 Å². The van der Waals surface area contributed by atoms with Crippen molar-refractivity contribution in [1.82, 2.24) is 4.72 Å². The van der Waals surface area contributed by atoms with Gasteiger partial charge >= 0.3 is 0 Å². The maximum atomic E-state index is 13.3. The first kappa shape index (κ1) is 24.7. The van der Waals surface area contributed by atoms with Crippen molar-refractivity contribution in [3.8, 4) is 0 Å². The number of hydrogen-bond acceptors (Lipinski definition) is 5. The van der Waals surface area contributed by atoms with E-state index < -0.39 is 27.4 Å². The third kappa shape index (κ3) is 6.11. The Labute approximate surface area is 195 Å². The number of sulfonamides is 1. The first-order valence-electron chi connectivity index (χ1n) is 11.0. The minimum Gasteiger partial charge on any atom is -0.370 e. The van der Waals surface area contributed by atoms with Crippen LogP contribution in [0.3, 0.4) is 0 Å². The normalized spacial score (nSPS) is 14.7. The van der Waals surface area contributed by atoms with Crippen LogP contribution in [0.4, 0.5) is 11.4 Å². The summed E-state index contributed by atoms with van der Waals surface area (Å²) in [5.74, 6) is -1.05. The quantitative estimate of drug-likeness (QED) is 0.595. The molecule has 0 bridgehead atoms. The van der Waals surface area contributed by atoms with Gasteiger partial charge in [0.25, 0.3) is 5.91 Å². The average Bonchev–Trinajstić information content (AvgIpc) is 2.72. The van der Waals surface area contributed by atoms with Crippen LogP contribution in [-0.2, 0) is 10.0 Å². The summed E-state index contributed by atoms with van der Waals surface area (Å²) in [4.78, 5) is 27.2. The highest BCUT2D eigenvalue weighted by Crippen LogP contribution is 2.30. The molecule has 8 nitrogen and oxygen atoms in total. The molecule has 1 saturated heterocycles. The lowest BCUT2D eigenvalue weighted by atomic mass is 10.1. The number of benzene rings is 2. The van der Waals surface area contributed by atoms with Crippen LogP contribution < -0.4 is 20.7 Å². The molecule has 4 N–H and O–H groups in total. The van der Waals surface area contributed by atoms with Gasteiger partial charge in [0.05, 0.1) is 16.3 Å². The monoisotopic (exact) mass is 472 g/mol. The fourth-order valence-electron chi connectivity index (χ4n) is 3.86. The summed E-state index contributed by atoms with van der Waals surface area (Å²) in [5.41, 5.74) is 7.23. The Morgan fingerprint density at radius 1 is 1.00 bits per heavy atom. The molecule has 1 aliphatic rings. The van der Waals surface area contributed by atoms with E-state index in [4.69, 9.17) is 5.73 Å². The van der Waals surface area contributed by atoms with Gasteiger partial charge in [-0.2, -0.15) is 0 Å². The standard InChI is InChI=1S/C24H32N4O4S/c1-16-8-10-18(33(31,32)27-24(2,3)4)15-19(16)23(30)26-20-14-17(22(25)29)9-11-21(20)28-12-6-5-7-13-28/h8-11,14-15,27H,5-7,12-13H2,1-4H3,(H2,25,29)(H,26,30). The van der Waals surface area contributed by atoms with Gasteiger partial charge in [0.15, 0.2) is 0 Å². The van der Waals surface area contributed by atoms with E-state index in [1.807, 2.05) is 0 Å². The molecular weight excluding hydrogens is 440 g/mol. The lowest BCUT2D eigenvalue weighted by Crippen LogP contribution is -2.40. The Bertz CT molecular complexity index is 1160. The molecule has 0 atom stereocenters. The van der Waals surface area contributed by atoms with Crippen molar-refractivity contribution in [3.63, 3.8) is 0 Å². The largest absolute Gasteiger partial charge is 0.370 e. The SMILES string of the molecule is Cc1ccc(S(=O)(=O)NC(C)(C)C)cc1C(=O)Nc1cc(C(N)=O)ccc1N1CCCCC1. The van der Waals surface area contributed by atoms with E-state index in [-0.39, 0.29) is 16.0 Å². The molecule has 1 aliphatic heterocycles. The number of nitrogens with two attached hydrogens (primary N) is 1. The van der Waals surface area contributed by atoms with E-state index in [2.05, 4.69) is 14.9 Å². The Kier molecular flexibility index (Phi) is 7.14. The lowest BCUT2D eigenvalue weighted by molar-refractivity contribution is 0.0996. The second-order valence-corrected chi connectivity index (χ2v) is 11.1. The van der Waals surface area contributed by atoms with Gasteiger partial charge in [-0.15, -0.1) is 0 Å². The highest BCUT2D eigenvalue weighted by Gasteiger charge is 2.24. The molecular formula is C24H32N4O4S. The summed E-state index contributed by atoms with van der Waals surface area (Å²) in [6.45, 7) is 8.70. The molecule has 0 aliphatic carbocycles. The number of carbonyl (C=O) groups is 2. The third-order valence-corrected chi connectivity index (χ3v) is 7.19. The Morgan fingerprint density at radius 3 is 2.27 bits per heavy atom. The predicted octanol–water partition coefficient (Wildman–Crippen LogP) is 3.41. The van der Waals surface area contributed by atoms with Crippen LogP contribution in [0.25, 0.3) is 0 Å². The minimum atomic E-state index is -3.81. The smallest absolute Gasteiger partial charge is 0.256 e. The molecule has 3 rings (SSSR count). The number of aryl methyl sites for hydroxylation is 1. The number of anilines is 2. The van der Waals surface area contributed by atoms with E-state index >= 15 is 0 Å². The molecule has 9 heteroatoms. The minimum absolute atomic E-state index is 0.00955. The summed E-state index contributed by atoms with van der Waals surface area (Å²) >= 11 is 0. The van der Waals surface area contributed by atoms with E-state index in [9.17, 15) is 18.0 Å². The highest BCUT2D eigenvalue weighted by atomic mass is 32.2. The van der Waals surface area contributed by atoms with Crippen LogP contribution in [0.1, 0.15) is 66.3 Å². The van der Waals surface area contributed by atoms with Gasteiger partial charge in [-0.25, -0.2) is 13.1 Å². The van der Waals surface area contributed by atoms with Crippen molar-refractivity contribution in [3.05, 3.63) is 53.1 Å². The predicted molar refractivity (Wildman–Crippen MR) is 130 cm³/mol. The molecule has 2 aromatic carbocycles. The zero-order valence-corrected chi connectivity index (χ0v) is 20.4. The van der Waals surface area contributed by atoms with Crippen LogP contribution in [0.5, 0.6) is 0 Å². The Morgan fingerprint density at radius 2 is 1.67 bits per heavy atom. The summed E-state index contributed by atoms with van der Waals surface area (Å²) < 4.78 is 28.1. The summed E-state index contributed by atoms with van der Waals surface area (Å²) in [5, 5.41) is 2.88. The molecule has 178 valence electrons. The van der Waals surface area contributed by atoms with Crippen LogP contribution in [0, 0.1) is 6.92 Å². The van der Waals surface area contributed by atoms with Crippen LogP contribution in [0.15, 0.2) is 41.3 Å². The molecule has 33 heavy (non-hydrogen) atoms. The first-order chi connectivity index (χ1) is 15.4. The highest BCUT2D eigenvalue weighted by molar-refractivity contribution is 7.89. The number of rotatable bonds is 6. The van der Waals surface area contributed by atoms with Crippen LogP contribution in [0.2, 0.25) is 0 Å². The molecule has 0 saturated carbocycles. The van der Waals surface area contributed by atoms with Gasteiger partial charge in [-0.05, 0) is 82.9 Å². The van der Waals surface area contributed by atoms with Gasteiger partial charge in [-0.3, -0.25) is 9.59 Å². The van der Waals surface area contributed by atoms with Crippen LogP contribution >= 0.6 is 0 Å². The van der Waals surface area contributed by atoms with Gasteiger partial charge < -0.3 is 16.0 Å². The van der Waals surface area contributed by atoms with Crippen molar-refractivity contribution >= 4 is 33.2 Å². The topological polar surface area (TPSA) is 122 Å². The summed E-state index contributed by atoms with van der Waals surface area (Å²) in [7, 11) is -3.81. The molecule has 2 aromatic rings. The van der Waals surface area contributed by atoms with Gasteiger partial charge in [0.1, 0.15) is 0 Å². The number of primary amides is 1. The number of hydrogen-bond donors (Lipinski definition) is 3. The van der Waals surface area contributed by atoms with E-state index in [0.29, 0.717) is 11.3 Å². The average molecular weight is 473 g/mol. The van der Waals surface area contributed by atoms with Crippen molar-refractivity contribution in [1.29, 1.82) is 0 Å². The maximum absolute atomic E-state index is 13.3. The van der Waals surface area contributed by atoms with Crippen molar-refractivity contribution in [2.75, 3.05) is 23.3 Å². The fraction of sp³-hybridized carbons (Fsp3) is 0.417. The molecule has 1 fully saturated rings. The Hall–Kier alpha value is -2.91. The lowest BCUT2D eigenvalue weighted by Gasteiger charge is -2.30. The van der Waals surface area contributed by atoms with Crippen molar-refractivity contribution in [2.45, 2.75) is 57.4 Å². The van der Waals surface area contributed by atoms with Crippen molar-refractivity contribution in [2.24, 2.45) is 5.73 Å². The second-order valence-electron chi connectivity index (χ2n) is 9.43. The van der Waals surface area contributed by atoms with Gasteiger partial charge in [-0.1, -0.05) is 6.07 Å². The third-order valence-electron chi connectivity index (χ3n) is 5.43. The number of nitrogens with zero attached hydrogens (tertiary/aromatic N) is 1.